The van der Waals surface area contributed by atoms with Crippen molar-refractivity contribution in [3.05, 3.63) is 71.0 Å². The number of nitrogens with zero attached hydrogens (tertiary/aromatic N) is 4. The number of aromatic nitrogens is 2. The van der Waals surface area contributed by atoms with Crippen molar-refractivity contribution < 1.29 is 4.84 Å². The van der Waals surface area contributed by atoms with Crippen molar-refractivity contribution >= 4 is 16.9 Å². The molecule has 1 aliphatic heterocycles. The maximum absolute atomic E-state index is 5.06. The first kappa shape index (κ1) is 16.5. The largest absolute Gasteiger partial charge is 0.399 e. The van der Waals surface area contributed by atoms with Gasteiger partial charge in [0.1, 0.15) is 7.11 Å². The van der Waals surface area contributed by atoms with Crippen LogP contribution in [0.3, 0.4) is 0 Å². The molecule has 2 aromatic heterocycles. The van der Waals surface area contributed by atoms with Crippen LogP contribution in [0.25, 0.3) is 5.52 Å². The van der Waals surface area contributed by atoms with Crippen LogP contribution in [-0.2, 0) is 11.3 Å². The standard InChI is InChI=1S/C21H22N4O/c1-14(24-26-4)17-8-5-9-18-19(17)12-21(2,3)23-20(18)15-11-16-7-6-10-25(16)22-13-15/h5-11,13H,12H2,1-4H3/b24-14-. The molecule has 0 saturated carbocycles. The number of rotatable bonds is 3. The van der Waals surface area contributed by atoms with Crippen LogP contribution in [0.2, 0.25) is 0 Å². The number of hydrogen-bond acceptors (Lipinski definition) is 4. The molecule has 0 aliphatic carbocycles. The molecule has 4 rings (SSSR count). The highest BCUT2D eigenvalue weighted by atomic mass is 16.6. The number of hydrogen-bond donors (Lipinski definition) is 0. The summed E-state index contributed by atoms with van der Waals surface area (Å²) in [5, 5.41) is 8.66. The second-order valence-corrected chi connectivity index (χ2v) is 7.26. The lowest BCUT2D eigenvalue weighted by Gasteiger charge is -2.30. The van der Waals surface area contributed by atoms with Crippen molar-refractivity contribution in [2.45, 2.75) is 32.7 Å². The molecule has 0 bridgehead atoms. The summed E-state index contributed by atoms with van der Waals surface area (Å²) < 4.78 is 1.87. The zero-order valence-electron chi connectivity index (χ0n) is 15.5. The quantitative estimate of drug-likeness (QED) is 0.534. The molecule has 132 valence electrons. The Hall–Kier alpha value is -2.95. The molecule has 0 radical (unpaired) electrons. The van der Waals surface area contributed by atoms with Gasteiger partial charge in [-0.3, -0.25) is 4.99 Å². The predicted octanol–water partition coefficient (Wildman–Crippen LogP) is 3.88. The summed E-state index contributed by atoms with van der Waals surface area (Å²) >= 11 is 0. The fraction of sp³-hybridized carbons (Fsp3) is 0.286. The lowest BCUT2D eigenvalue weighted by Crippen LogP contribution is -2.31. The summed E-state index contributed by atoms with van der Waals surface area (Å²) in [6.45, 7) is 6.31. The van der Waals surface area contributed by atoms with Crippen molar-refractivity contribution in [2.75, 3.05) is 7.11 Å². The van der Waals surface area contributed by atoms with Crippen LogP contribution >= 0.6 is 0 Å². The molecular weight excluding hydrogens is 324 g/mol. The summed E-state index contributed by atoms with van der Waals surface area (Å²) in [5.74, 6) is 0. The van der Waals surface area contributed by atoms with Gasteiger partial charge in [-0.25, -0.2) is 4.52 Å². The molecule has 0 fully saturated rings. The first-order valence-corrected chi connectivity index (χ1v) is 8.72. The van der Waals surface area contributed by atoms with E-state index >= 15 is 0 Å². The topological polar surface area (TPSA) is 51.2 Å². The van der Waals surface area contributed by atoms with Crippen molar-refractivity contribution in [3.63, 3.8) is 0 Å². The van der Waals surface area contributed by atoms with Crippen LogP contribution in [-0.4, -0.2) is 33.7 Å². The summed E-state index contributed by atoms with van der Waals surface area (Å²) in [7, 11) is 1.58. The smallest absolute Gasteiger partial charge is 0.106 e. The Labute approximate surface area is 153 Å². The summed E-state index contributed by atoms with van der Waals surface area (Å²) in [6, 6.07) is 12.5. The van der Waals surface area contributed by atoms with E-state index in [4.69, 9.17) is 9.83 Å². The van der Waals surface area contributed by atoms with Crippen LogP contribution in [0.5, 0.6) is 0 Å². The minimum atomic E-state index is -0.195. The van der Waals surface area contributed by atoms with Gasteiger partial charge in [0.15, 0.2) is 0 Å². The summed E-state index contributed by atoms with van der Waals surface area (Å²) in [5.41, 5.74) is 7.27. The second-order valence-electron chi connectivity index (χ2n) is 7.26. The van der Waals surface area contributed by atoms with E-state index < -0.39 is 0 Å². The van der Waals surface area contributed by atoms with E-state index in [2.05, 4.69) is 54.4 Å². The fourth-order valence-corrected chi connectivity index (χ4v) is 3.63. The van der Waals surface area contributed by atoms with Crippen molar-refractivity contribution in [2.24, 2.45) is 10.1 Å². The number of oxime groups is 1. The van der Waals surface area contributed by atoms with Crippen LogP contribution in [0.15, 0.2) is 58.9 Å². The van der Waals surface area contributed by atoms with Gasteiger partial charge in [-0.15, -0.1) is 0 Å². The average molecular weight is 346 g/mol. The third-order valence-electron chi connectivity index (χ3n) is 4.73. The minimum absolute atomic E-state index is 0.195. The number of benzene rings is 1. The molecule has 0 unspecified atom stereocenters. The lowest BCUT2D eigenvalue weighted by atomic mass is 9.82. The van der Waals surface area contributed by atoms with Crippen LogP contribution in [0.4, 0.5) is 0 Å². The Morgan fingerprint density at radius 2 is 2.08 bits per heavy atom. The first-order chi connectivity index (χ1) is 12.5. The van der Waals surface area contributed by atoms with E-state index in [1.807, 2.05) is 29.9 Å². The van der Waals surface area contributed by atoms with Crippen LogP contribution in [0, 0.1) is 0 Å². The highest BCUT2D eigenvalue weighted by Crippen LogP contribution is 2.32. The van der Waals surface area contributed by atoms with Gasteiger partial charge < -0.3 is 4.84 Å². The molecule has 26 heavy (non-hydrogen) atoms. The van der Waals surface area contributed by atoms with Gasteiger partial charge in [0, 0.05) is 22.9 Å². The SMILES string of the molecule is CO/N=C(/C)c1cccc2c1CC(C)(C)N=C2c1cnn2cccc2c1. The van der Waals surface area contributed by atoms with Gasteiger partial charge in [0.2, 0.25) is 0 Å². The molecule has 0 atom stereocenters. The Morgan fingerprint density at radius 1 is 1.23 bits per heavy atom. The van der Waals surface area contributed by atoms with Gasteiger partial charge in [-0.2, -0.15) is 5.10 Å². The molecule has 0 amide bonds. The Balaban J connectivity index is 1.92. The lowest BCUT2D eigenvalue weighted by molar-refractivity contribution is 0.213. The first-order valence-electron chi connectivity index (χ1n) is 8.72. The van der Waals surface area contributed by atoms with Crippen molar-refractivity contribution in [3.8, 4) is 0 Å². The minimum Gasteiger partial charge on any atom is -0.399 e. The monoisotopic (exact) mass is 346 g/mol. The highest BCUT2D eigenvalue weighted by Gasteiger charge is 2.30. The van der Waals surface area contributed by atoms with Crippen LogP contribution in [0.1, 0.15) is 43.0 Å². The maximum Gasteiger partial charge on any atom is 0.106 e. The second kappa shape index (κ2) is 6.09. The molecule has 0 spiro atoms. The van der Waals surface area contributed by atoms with Crippen molar-refractivity contribution in [1.82, 2.24) is 9.61 Å². The predicted molar refractivity (Wildman–Crippen MR) is 104 cm³/mol. The van der Waals surface area contributed by atoms with Gasteiger partial charge in [-0.05, 0) is 51.0 Å². The molecule has 3 aromatic rings. The van der Waals surface area contributed by atoms with Gasteiger partial charge in [0.05, 0.1) is 28.7 Å². The Kier molecular flexibility index (Phi) is 3.87. The fourth-order valence-electron chi connectivity index (χ4n) is 3.63. The number of fused-ring (bicyclic) bond motifs is 2. The van der Waals surface area contributed by atoms with E-state index in [0.717, 1.165) is 40.1 Å². The molecule has 5 nitrogen and oxygen atoms in total. The molecule has 0 saturated heterocycles. The van der Waals surface area contributed by atoms with E-state index in [9.17, 15) is 0 Å². The van der Waals surface area contributed by atoms with Crippen molar-refractivity contribution in [1.29, 1.82) is 0 Å². The van der Waals surface area contributed by atoms with E-state index in [1.165, 1.54) is 5.56 Å². The molecular formula is C21H22N4O. The van der Waals surface area contributed by atoms with Gasteiger partial charge >= 0.3 is 0 Å². The van der Waals surface area contributed by atoms with E-state index in [1.54, 1.807) is 7.11 Å². The number of aliphatic imine (C=N–C) groups is 1. The van der Waals surface area contributed by atoms with Gasteiger partial charge in [-0.1, -0.05) is 23.4 Å². The summed E-state index contributed by atoms with van der Waals surface area (Å²) in [4.78, 5) is 10.1. The van der Waals surface area contributed by atoms with Gasteiger partial charge in [0.25, 0.3) is 0 Å². The highest BCUT2D eigenvalue weighted by molar-refractivity contribution is 6.16. The maximum atomic E-state index is 5.06. The molecule has 1 aliphatic rings. The zero-order valence-corrected chi connectivity index (χ0v) is 15.5. The molecule has 0 N–H and O–H groups in total. The normalized spacial score (nSPS) is 16.3. The Bertz CT molecular complexity index is 1040. The average Bonchev–Trinajstić information content (AvgIpc) is 3.07. The van der Waals surface area contributed by atoms with E-state index in [-0.39, 0.29) is 5.54 Å². The molecule has 1 aromatic carbocycles. The summed E-state index contributed by atoms with van der Waals surface area (Å²) in [6.07, 6.45) is 4.70. The Morgan fingerprint density at radius 3 is 2.88 bits per heavy atom. The van der Waals surface area contributed by atoms with Crippen LogP contribution < -0.4 is 0 Å². The zero-order chi connectivity index (χ0) is 18.3. The van der Waals surface area contributed by atoms with E-state index in [0.29, 0.717) is 0 Å². The molecule has 3 heterocycles. The third kappa shape index (κ3) is 2.79. The third-order valence-corrected chi connectivity index (χ3v) is 4.73. The molecule has 5 heteroatoms.